The molecule has 1 aliphatic heterocycles. The van der Waals surface area contributed by atoms with E-state index in [1.807, 2.05) is 11.4 Å². The van der Waals surface area contributed by atoms with Crippen LogP contribution in [0.5, 0.6) is 0 Å². The number of hydrogen-bond donors (Lipinski definition) is 1. The van der Waals surface area contributed by atoms with Gasteiger partial charge in [0, 0.05) is 28.7 Å². The smallest absolute Gasteiger partial charge is 0.246 e. The van der Waals surface area contributed by atoms with E-state index < -0.39 is 21.3 Å². The summed E-state index contributed by atoms with van der Waals surface area (Å²) in [6.07, 6.45) is 0. The molecule has 1 aliphatic rings. The maximum absolute atomic E-state index is 12.5. The Labute approximate surface area is 127 Å². The molecule has 2 unspecified atom stereocenters. The standard InChI is InChI=1S/C12H18N2O3S3/c1-2-20(16,17)10-8-18-7-5-14(10)12(15)11(13)9-4-3-6-19-9/h3-4,6,10-11H,2,5,7-8,13H2,1H3. The van der Waals surface area contributed by atoms with Crippen LogP contribution in [0.3, 0.4) is 0 Å². The summed E-state index contributed by atoms with van der Waals surface area (Å²) in [4.78, 5) is 14.7. The number of amides is 1. The summed E-state index contributed by atoms with van der Waals surface area (Å²) in [5, 5.41) is 1.11. The Kier molecular flexibility index (Phi) is 5.11. The fourth-order valence-corrected chi connectivity index (χ4v) is 5.78. The average Bonchev–Trinajstić information content (AvgIpc) is 3.00. The lowest BCUT2D eigenvalue weighted by Gasteiger charge is -2.36. The Morgan fingerprint density at radius 3 is 2.95 bits per heavy atom. The quantitative estimate of drug-likeness (QED) is 0.891. The predicted molar refractivity (Wildman–Crippen MR) is 83.5 cm³/mol. The van der Waals surface area contributed by atoms with E-state index >= 15 is 0 Å². The van der Waals surface area contributed by atoms with Crippen LogP contribution in [-0.2, 0) is 14.6 Å². The maximum Gasteiger partial charge on any atom is 0.246 e. The van der Waals surface area contributed by atoms with Crippen molar-refractivity contribution in [3.05, 3.63) is 22.4 Å². The molecule has 0 saturated carbocycles. The average molecular weight is 334 g/mol. The number of sulfone groups is 1. The molecule has 20 heavy (non-hydrogen) atoms. The van der Waals surface area contributed by atoms with Crippen molar-refractivity contribution in [3.8, 4) is 0 Å². The van der Waals surface area contributed by atoms with E-state index in [1.54, 1.807) is 24.8 Å². The minimum atomic E-state index is -3.29. The van der Waals surface area contributed by atoms with Crippen LogP contribution in [0.1, 0.15) is 17.8 Å². The molecule has 1 fully saturated rings. The van der Waals surface area contributed by atoms with Crippen molar-refractivity contribution in [2.45, 2.75) is 18.3 Å². The van der Waals surface area contributed by atoms with Gasteiger partial charge in [-0.15, -0.1) is 11.3 Å². The van der Waals surface area contributed by atoms with Gasteiger partial charge in [0.15, 0.2) is 9.84 Å². The third kappa shape index (κ3) is 3.19. The van der Waals surface area contributed by atoms with Crippen molar-refractivity contribution in [2.24, 2.45) is 5.73 Å². The molecule has 112 valence electrons. The van der Waals surface area contributed by atoms with Crippen LogP contribution in [0, 0.1) is 0 Å². The van der Waals surface area contributed by atoms with Crippen molar-refractivity contribution < 1.29 is 13.2 Å². The number of carbonyl (C=O) groups is 1. The molecule has 2 rings (SSSR count). The SMILES string of the molecule is CCS(=O)(=O)C1CSCCN1C(=O)C(N)c1cccs1. The van der Waals surface area contributed by atoms with E-state index in [9.17, 15) is 13.2 Å². The summed E-state index contributed by atoms with van der Waals surface area (Å²) in [6.45, 7) is 2.04. The predicted octanol–water partition coefficient (Wildman–Crippen LogP) is 1.08. The molecule has 1 aromatic heterocycles. The van der Waals surface area contributed by atoms with Gasteiger partial charge in [0.25, 0.3) is 0 Å². The van der Waals surface area contributed by atoms with Crippen molar-refractivity contribution in [1.29, 1.82) is 0 Å². The molecular weight excluding hydrogens is 316 g/mol. The highest BCUT2D eigenvalue weighted by Crippen LogP contribution is 2.26. The fourth-order valence-electron chi connectivity index (χ4n) is 2.09. The maximum atomic E-state index is 12.5. The first-order valence-corrected chi connectivity index (χ1v) is 10.1. The van der Waals surface area contributed by atoms with Gasteiger partial charge in [-0.3, -0.25) is 4.79 Å². The number of hydrogen-bond acceptors (Lipinski definition) is 6. The van der Waals surface area contributed by atoms with E-state index in [0.29, 0.717) is 12.3 Å². The van der Waals surface area contributed by atoms with Gasteiger partial charge in [0.05, 0.1) is 0 Å². The highest BCUT2D eigenvalue weighted by atomic mass is 32.2. The second-order valence-corrected chi connectivity index (χ2v) is 9.08. The summed E-state index contributed by atoms with van der Waals surface area (Å²) in [6, 6.07) is 2.86. The van der Waals surface area contributed by atoms with Gasteiger partial charge in [0.1, 0.15) is 11.4 Å². The lowest BCUT2D eigenvalue weighted by molar-refractivity contribution is -0.133. The Hall–Kier alpha value is -0.570. The number of rotatable bonds is 4. The largest absolute Gasteiger partial charge is 0.322 e. The molecule has 0 radical (unpaired) electrons. The van der Waals surface area contributed by atoms with Crippen molar-refractivity contribution >= 4 is 38.8 Å². The molecule has 0 bridgehead atoms. The van der Waals surface area contributed by atoms with Crippen molar-refractivity contribution in [1.82, 2.24) is 4.90 Å². The van der Waals surface area contributed by atoms with E-state index in [0.717, 1.165) is 10.6 Å². The van der Waals surface area contributed by atoms with Crippen LogP contribution >= 0.6 is 23.1 Å². The molecule has 2 atom stereocenters. The molecule has 1 saturated heterocycles. The molecule has 0 aliphatic carbocycles. The third-order valence-electron chi connectivity index (χ3n) is 3.30. The number of nitrogens with zero attached hydrogens (tertiary/aromatic N) is 1. The third-order valence-corrected chi connectivity index (χ3v) is 7.54. The van der Waals surface area contributed by atoms with Crippen LogP contribution in [-0.4, -0.2) is 48.4 Å². The lowest BCUT2D eigenvalue weighted by atomic mass is 10.2. The minimum Gasteiger partial charge on any atom is -0.322 e. The van der Waals surface area contributed by atoms with Gasteiger partial charge in [-0.05, 0) is 11.4 Å². The van der Waals surface area contributed by atoms with Crippen LogP contribution in [0.15, 0.2) is 17.5 Å². The van der Waals surface area contributed by atoms with E-state index in [-0.39, 0.29) is 11.7 Å². The highest BCUT2D eigenvalue weighted by Gasteiger charge is 2.37. The van der Waals surface area contributed by atoms with Crippen LogP contribution in [0.25, 0.3) is 0 Å². The number of thiophene rings is 1. The second kappa shape index (κ2) is 6.46. The zero-order chi connectivity index (χ0) is 14.8. The summed E-state index contributed by atoms with van der Waals surface area (Å²) < 4.78 is 24.3. The van der Waals surface area contributed by atoms with E-state index in [1.165, 1.54) is 16.2 Å². The van der Waals surface area contributed by atoms with E-state index in [4.69, 9.17) is 5.73 Å². The molecule has 0 spiro atoms. The summed E-state index contributed by atoms with van der Waals surface area (Å²) in [7, 11) is -3.29. The van der Waals surface area contributed by atoms with Crippen molar-refractivity contribution in [3.63, 3.8) is 0 Å². The Morgan fingerprint density at radius 2 is 2.35 bits per heavy atom. The zero-order valence-corrected chi connectivity index (χ0v) is 13.6. The Balaban J connectivity index is 2.22. The number of nitrogens with two attached hydrogens (primary N) is 1. The summed E-state index contributed by atoms with van der Waals surface area (Å²) in [5.74, 6) is 0.920. The summed E-state index contributed by atoms with van der Waals surface area (Å²) >= 11 is 2.98. The lowest BCUT2D eigenvalue weighted by Crippen LogP contribution is -2.53. The Morgan fingerprint density at radius 1 is 1.60 bits per heavy atom. The van der Waals surface area contributed by atoms with Crippen LogP contribution in [0.2, 0.25) is 0 Å². The van der Waals surface area contributed by atoms with E-state index in [2.05, 4.69) is 0 Å². The summed E-state index contributed by atoms with van der Waals surface area (Å²) in [5.41, 5.74) is 5.98. The monoisotopic (exact) mass is 334 g/mol. The first-order chi connectivity index (χ1) is 9.47. The molecule has 5 nitrogen and oxygen atoms in total. The second-order valence-electron chi connectivity index (χ2n) is 4.51. The van der Waals surface area contributed by atoms with Crippen LogP contribution in [0.4, 0.5) is 0 Å². The van der Waals surface area contributed by atoms with Crippen molar-refractivity contribution in [2.75, 3.05) is 23.8 Å². The van der Waals surface area contributed by atoms with Crippen LogP contribution < -0.4 is 5.73 Å². The van der Waals surface area contributed by atoms with Gasteiger partial charge in [0.2, 0.25) is 5.91 Å². The first kappa shape index (κ1) is 15.8. The molecule has 0 aromatic carbocycles. The van der Waals surface area contributed by atoms with Gasteiger partial charge >= 0.3 is 0 Å². The highest BCUT2D eigenvalue weighted by molar-refractivity contribution is 8.01. The van der Waals surface area contributed by atoms with Gasteiger partial charge in [-0.2, -0.15) is 11.8 Å². The molecule has 8 heteroatoms. The van der Waals surface area contributed by atoms with Gasteiger partial charge in [-0.1, -0.05) is 13.0 Å². The zero-order valence-electron chi connectivity index (χ0n) is 11.2. The molecular formula is C12H18N2O3S3. The number of carbonyl (C=O) groups excluding carboxylic acids is 1. The molecule has 1 amide bonds. The normalized spacial score (nSPS) is 21.7. The molecule has 2 heterocycles. The Bertz CT molecular complexity index is 557. The minimum absolute atomic E-state index is 0.0379. The van der Waals surface area contributed by atoms with Gasteiger partial charge < -0.3 is 10.6 Å². The molecule has 1 aromatic rings. The molecule has 2 N–H and O–H groups in total. The first-order valence-electron chi connectivity index (χ1n) is 6.36. The topological polar surface area (TPSA) is 80.5 Å². The number of thioether (sulfide) groups is 1. The fraction of sp³-hybridized carbons (Fsp3) is 0.583. The van der Waals surface area contributed by atoms with Gasteiger partial charge in [-0.25, -0.2) is 8.42 Å².